The van der Waals surface area contributed by atoms with Crippen LogP contribution in [0.25, 0.3) is 0 Å². The molecule has 0 atom stereocenters. The minimum absolute atomic E-state index is 0.0148. The number of carbonyl (C=O) groups excluding carboxylic acids is 2. The SMILES string of the molecule is CCOc1ccccc1NC(=O)c1cc(C(=O)NC(C)C)ccn1. The third kappa shape index (κ3) is 4.55. The molecule has 2 aromatic rings. The first-order valence-electron chi connectivity index (χ1n) is 7.81. The van der Waals surface area contributed by atoms with Gasteiger partial charge in [-0.2, -0.15) is 0 Å². The summed E-state index contributed by atoms with van der Waals surface area (Å²) in [5.74, 6) is -0.0560. The first kappa shape index (κ1) is 17.5. The van der Waals surface area contributed by atoms with Crippen LogP contribution in [0.1, 0.15) is 41.6 Å². The van der Waals surface area contributed by atoms with E-state index in [-0.39, 0.29) is 17.6 Å². The molecule has 0 fully saturated rings. The highest BCUT2D eigenvalue weighted by Crippen LogP contribution is 2.24. The largest absolute Gasteiger partial charge is 0.492 e. The number of nitrogens with zero attached hydrogens (tertiary/aromatic N) is 1. The quantitative estimate of drug-likeness (QED) is 0.855. The van der Waals surface area contributed by atoms with E-state index in [1.807, 2.05) is 26.8 Å². The van der Waals surface area contributed by atoms with E-state index in [2.05, 4.69) is 15.6 Å². The van der Waals surface area contributed by atoms with E-state index in [0.717, 1.165) is 0 Å². The first-order chi connectivity index (χ1) is 11.5. The van der Waals surface area contributed by atoms with E-state index in [9.17, 15) is 9.59 Å². The molecule has 0 radical (unpaired) electrons. The van der Waals surface area contributed by atoms with E-state index in [0.29, 0.717) is 23.6 Å². The van der Waals surface area contributed by atoms with Gasteiger partial charge < -0.3 is 15.4 Å². The lowest BCUT2D eigenvalue weighted by Gasteiger charge is -2.12. The Morgan fingerprint density at radius 2 is 1.92 bits per heavy atom. The zero-order chi connectivity index (χ0) is 17.5. The lowest BCUT2D eigenvalue weighted by atomic mass is 10.2. The van der Waals surface area contributed by atoms with Crippen LogP contribution in [0.15, 0.2) is 42.6 Å². The predicted molar refractivity (Wildman–Crippen MR) is 92.4 cm³/mol. The van der Waals surface area contributed by atoms with Crippen LogP contribution in [0, 0.1) is 0 Å². The van der Waals surface area contributed by atoms with E-state index in [1.54, 1.807) is 24.3 Å². The summed E-state index contributed by atoms with van der Waals surface area (Å²) in [4.78, 5) is 28.5. The van der Waals surface area contributed by atoms with Gasteiger partial charge in [-0.3, -0.25) is 14.6 Å². The molecule has 6 nitrogen and oxygen atoms in total. The van der Waals surface area contributed by atoms with E-state index < -0.39 is 5.91 Å². The number of hydrogen-bond donors (Lipinski definition) is 2. The van der Waals surface area contributed by atoms with Crippen molar-refractivity contribution in [1.29, 1.82) is 0 Å². The Balaban J connectivity index is 2.17. The number of amides is 2. The Labute approximate surface area is 141 Å². The Morgan fingerprint density at radius 1 is 1.17 bits per heavy atom. The van der Waals surface area contributed by atoms with Crippen molar-refractivity contribution in [3.63, 3.8) is 0 Å². The summed E-state index contributed by atoms with van der Waals surface area (Å²) in [6.07, 6.45) is 1.44. The molecule has 2 amide bonds. The summed E-state index contributed by atoms with van der Waals surface area (Å²) in [7, 11) is 0. The summed E-state index contributed by atoms with van der Waals surface area (Å²) in [5, 5.41) is 5.54. The Morgan fingerprint density at radius 3 is 2.62 bits per heavy atom. The molecule has 0 aliphatic rings. The Kier molecular flexibility index (Phi) is 5.89. The normalized spacial score (nSPS) is 10.3. The average molecular weight is 327 g/mol. The van der Waals surface area contributed by atoms with Crippen molar-refractivity contribution in [1.82, 2.24) is 10.3 Å². The number of carbonyl (C=O) groups is 2. The van der Waals surface area contributed by atoms with Gasteiger partial charge in [0.1, 0.15) is 11.4 Å². The fourth-order valence-corrected chi connectivity index (χ4v) is 2.08. The van der Waals surface area contributed by atoms with Crippen LogP contribution in [-0.4, -0.2) is 29.4 Å². The molecule has 126 valence electrons. The van der Waals surface area contributed by atoms with Crippen molar-refractivity contribution >= 4 is 17.5 Å². The van der Waals surface area contributed by atoms with Crippen LogP contribution in [0.4, 0.5) is 5.69 Å². The lowest BCUT2D eigenvalue weighted by Crippen LogP contribution is -2.30. The summed E-state index contributed by atoms with van der Waals surface area (Å²) in [5.41, 5.74) is 1.11. The average Bonchev–Trinajstić information content (AvgIpc) is 2.56. The minimum Gasteiger partial charge on any atom is -0.492 e. The smallest absolute Gasteiger partial charge is 0.274 e. The molecule has 0 saturated carbocycles. The third-order valence-electron chi connectivity index (χ3n) is 3.11. The zero-order valence-corrected chi connectivity index (χ0v) is 14.0. The van der Waals surface area contributed by atoms with Crippen molar-refractivity contribution < 1.29 is 14.3 Å². The van der Waals surface area contributed by atoms with Crippen LogP contribution in [0.2, 0.25) is 0 Å². The number of hydrogen-bond acceptors (Lipinski definition) is 4. The van der Waals surface area contributed by atoms with Crippen molar-refractivity contribution in [3.8, 4) is 5.75 Å². The van der Waals surface area contributed by atoms with Crippen LogP contribution in [0.5, 0.6) is 5.75 Å². The maximum Gasteiger partial charge on any atom is 0.274 e. The number of aromatic nitrogens is 1. The van der Waals surface area contributed by atoms with Crippen molar-refractivity contribution in [2.45, 2.75) is 26.8 Å². The molecule has 1 aromatic heterocycles. The Bertz CT molecular complexity index is 729. The minimum atomic E-state index is -0.402. The first-order valence-corrected chi connectivity index (χ1v) is 7.81. The van der Waals surface area contributed by atoms with Crippen LogP contribution >= 0.6 is 0 Å². The van der Waals surface area contributed by atoms with Gasteiger partial charge in [0.05, 0.1) is 12.3 Å². The number of rotatable bonds is 6. The van der Waals surface area contributed by atoms with E-state index in [4.69, 9.17) is 4.74 Å². The van der Waals surface area contributed by atoms with Gasteiger partial charge in [0.15, 0.2) is 0 Å². The maximum absolute atomic E-state index is 12.4. The second-order valence-electron chi connectivity index (χ2n) is 5.44. The molecule has 0 unspecified atom stereocenters. The molecule has 2 N–H and O–H groups in total. The number of pyridine rings is 1. The van der Waals surface area contributed by atoms with Crippen LogP contribution in [0.3, 0.4) is 0 Å². The van der Waals surface area contributed by atoms with E-state index in [1.165, 1.54) is 12.3 Å². The van der Waals surface area contributed by atoms with Gasteiger partial charge in [-0.15, -0.1) is 0 Å². The number of ether oxygens (including phenoxy) is 1. The third-order valence-corrected chi connectivity index (χ3v) is 3.11. The fraction of sp³-hybridized carbons (Fsp3) is 0.278. The molecule has 0 aliphatic carbocycles. The van der Waals surface area contributed by atoms with Gasteiger partial charge in [0.2, 0.25) is 0 Å². The summed E-state index contributed by atoms with van der Waals surface area (Å²) in [6, 6.07) is 10.2. The molecule has 1 aromatic carbocycles. The predicted octanol–water partition coefficient (Wildman–Crippen LogP) is 2.87. The van der Waals surface area contributed by atoms with Gasteiger partial charge in [-0.1, -0.05) is 12.1 Å². The summed E-state index contributed by atoms with van der Waals surface area (Å²) < 4.78 is 5.48. The molecule has 6 heteroatoms. The van der Waals surface area contributed by atoms with Gasteiger partial charge in [-0.25, -0.2) is 0 Å². The molecular formula is C18H21N3O3. The molecule has 0 spiro atoms. The highest BCUT2D eigenvalue weighted by molar-refractivity contribution is 6.05. The topological polar surface area (TPSA) is 80.3 Å². The molecule has 2 rings (SSSR count). The Hall–Kier alpha value is -2.89. The fourth-order valence-electron chi connectivity index (χ4n) is 2.08. The summed E-state index contributed by atoms with van der Waals surface area (Å²) in [6.45, 7) is 6.11. The van der Waals surface area contributed by atoms with Gasteiger partial charge in [0, 0.05) is 17.8 Å². The van der Waals surface area contributed by atoms with Gasteiger partial charge >= 0.3 is 0 Å². The van der Waals surface area contributed by atoms with Crippen LogP contribution in [-0.2, 0) is 0 Å². The lowest BCUT2D eigenvalue weighted by molar-refractivity contribution is 0.0943. The number of benzene rings is 1. The molecule has 24 heavy (non-hydrogen) atoms. The second-order valence-corrected chi connectivity index (χ2v) is 5.44. The van der Waals surface area contributed by atoms with Gasteiger partial charge in [-0.05, 0) is 45.0 Å². The summed E-state index contributed by atoms with van der Waals surface area (Å²) >= 11 is 0. The maximum atomic E-state index is 12.4. The number of anilines is 1. The van der Waals surface area contributed by atoms with Crippen LogP contribution < -0.4 is 15.4 Å². The van der Waals surface area contributed by atoms with E-state index >= 15 is 0 Å². The molecular weight excluding hydrogens is 306 g/mol. The second kappa shape index (κ2) is 8.10. The number of nitrogens with one attached hydrogen (secondary N) is 2. The highest BCUT2D eigenvalue weighted by atomic mass is 16.5. The molecule has 0 saturated heterocycles. The van der Waals surface area contributed by atoms with Crippen molar-refractivity contribution in [2.75, 3.05) is 11.9 Å². The van der Waals surface area contributed by atoms with Gasteiger partial charge in [0.25, 0.3) is 11.8 Å². The number of para-hydroxylation sites is 2. The van der Waals surface area contributed by atoms with Crippen molar-refractivity contribution in [2.24, 2.45) is 0 Å². The monoisotopic (exact) mass is 327 g/mol. The standard InChI is InChI=1S/C18H21N3O3/c1-4-24-16-8-6-5-7-14(16)21-18(23)15-11-13(9-10-19-15)17(22)20-12(2)3/h5-12H,4H2,1-3H3,(H,20,22)(H,21,23). The van der Waals surface area contributed by atoms with Crippen molar-refractivity contribution in [3.05, 3.63) is 53.9 Å². The zero-order valence-electron chi connectivity index (χ0n) is 14.0. The molecule has 0 bridgehead atoms. The molecule has 0 aliphatic heterocycles. The molecule has 1 heterocycles. The highest BCUT2D eigenvalue weighted by Gasteiger charge is 2.14.